The van der Waals surface area contributed by atoms with E-state index in [4.69, 9.17) is 9.84 Å². The van der Waals surface area contributed by atoms with Crippen molar-refractivity contribution in [3.8, 4) is 11.1 Å². The first-order chi connectivity index (χ1) is 15.6. The number of hydrogen-bond acceptors (Lipinski definition) is 5. The fourth-order valence-electron chi connectivity index (χ4n) is 3.81. The summed E-state index contributed by atoms with van der Waals surface area (Å²) in [6.07, 6.45) is -1.22. The zero-order valence-corrected chi connectivity index (χ0v) is 19.0. The lowest BCUT2D eigenvalue weighted by Crippen LogP contribution is -2.54. The molecule has 2 atom stereocenters. The van der Waals surface area contributed by atoms with Gasteiger partial charge in [-0.1, -0.05) is 48.5 Å². The summed E-state index contributed by atoms with van der Waals surface area (Å²) in [7, 11) is 0. The van der Waals surface area contributed by atoms with E-state index >= 15 is 0 Å². The number of carboxylic acids is 1. The molecule has 0 spiro atoms. The van der Waals surface area contributed by atoms with Gasteiger partial charge in [-0.3, -0.25) is 9.59 Å². The Morgan fingerprint density at radius 1 is 1.00 bits per heavy atom. The fourth-order valence-corrected chi connectivity index (χ4v) is 3.81. The molecule has 0 saturated carbocycles. The molecule has 33 heavy (non-hydrogen) atoms. The van der Waals surface area contributed by atoms with Crippen molar-refractivity contribution < 1.29 is 29.3 Å². The molecule has 2 aromatic carbocycles. The number of carbonyl (C=O) groups is 3. The molecule has 0 heterocycles. The van der Waals surface area contributed by atoms with Crippen molar-refractivity contribution in [3.05, 3.63) is 59.7 Å². The third-order valence-corrected chi connectivity index (χ3v) is 6.02. The van der Waals surface area contributed by atoms with Crippen molar-refractivity contribution in [1.82, 2.24) is 10.6 Å². The van der Waals surface area contributed by atoms with E-state index in [1.54, 1.807) is 20.8 Å². The fraction of sp³-hybridized carbons (Fsp3) is 0.400. The monoisotopic (exact) mass is 454 g/mol. The van der Waals surface area contributed by atoms with E-state index in [-0.39, 0.29) is 25.4 Å². The van der Waals surface area contributed by atoms with Gasteiger partial charge in [0.1, 0.15) is 12.6 Å². The first-order valence-electron chi connectivity index (χ1n) is 10.9. The highest BCUT2D eigenvalue weighted by Gasteiger charge is 2.31. The number of rotatable bonds is 9. The highest BCUT2D eigenvalue weighted by Crippen LogP contribution is 2.44. The molecule has 1 aliphatic carbocycles. The molecule has 0 aliphatic heterocycles. The molecule has 2 unspecified atom stereocenters. The molecule has 0 bridgehead atoms. The molecule has 176 valence electrons. The van der Waals surface area contributed by atoms with Crippen LogP contribution in [0.2, 0.25) is 0 Å². The predicted octanol–water partition coefficient (Wildman–Crippen LogP) is 3.03. The van der Waals surface area contributed by atoms with E-state index < -0.39 is 35.7 Å². The maximum Gasteiger partial charge on any atom is 0.407 e. The van der Waals surface area contributed by atoms with E-state index in [0.717, 1.165) is 22.3 Å². The van der Waals surface area contributed by atoms with E-state index in [1.165, 1.54) is 0 Å². The van der Waals surface area contributed by atoms with Gasteiger partial charge in [0.05, 0.1) is 11.6 Å². The van der Waals surface area contributed by atoms with E-state index in [2.05, 4.69) is 10.6 Å². The SMILES string of the molecule is CC(NC(=O)C(CCC(=O)O)NC(=O)OCC1c2ccccc2-c2ccccc21)C(C)(C)O. The summed E-state index contributed by atoms with van der Waals surface area (Å²) >= 11 is 0. The van der Waals surface area contributed by atoms with Gasteiger partial charge >= 0.3 is 12.1 Å². The van der Waals surface area contributed by atoms with Crippen LogP contribution in [0.1, 0.15) is 50.7 Å². The average Bonchev–Trinajstić information content (AvgIpc) is 3.08. The third-order valence-electron chi connectivity index (χ3n) is 6.02. The molecule has 4 N–H and O–H groups in total. The second-order valence-corrected chi connectivity index (χ2v) is 8.84. The number of carboxylic acid groups (broad SMARTS) is 1. The topological polar surface area (TPSA) is 125 Å². The number of benzene rings is 2. The molecule has 0 saturated heterocycles. The van der Waals surface area contributed by atoms with Gasteiger partial charge in [0.25, 0.3) is 0 Å². The Morgan fingerprint density at radius 3 is 2.06 bits per heavy atom. The Bertz CT molecular complexity index is 984. The van der Waals surface area contributed by atoms with Gasteiger partial charge in [0, 0.05) is 12.3 Å². The summed E-state index contributed by atoms with van der Waals surface area (Å²) in [6, 6.07) is 14.2. The van der Waals surface area contributed by atoms with Gasteiger partial charge < -0.3 is 25.6 Å². The maximum atomic E-state index is 12.7. The normalized spacial score (nSPS) is 14.5. The number of nitrogens with one attached hydrogen (secondary N) is 2. The molecule has 3 rings (SSSR count). The first kappa shape index (κ1) is 24.3. The molecule has 8 heteroatoms. The number of ether oxygens (including phenoxy) is 1. The quantitative estimate of drug-likeness (QED) is 0.462. The number of alkyl carbamates (subject to hydrolysis) is 1. The molecular formula is C25H30N2O6. The van der Waals surface area contributed by atoms with Crippen LogP contribution in [-0.4, -0.2) is 52.5 Å². The van der Waals surface area contributed by atoms with Crippen LogP contribution in [0.5, 0.6) is 0 Å². The summed E-state index contributed by atoms with van der Waals surface area (Å²) in [4.78, 5) is 36.2. The Kier molecular flexibility index (Phi) is 7.38. The number of aliphatic carboxylic acids is 1. The minimum atomic E-state index is -1.18. The van der Waals surface area contributed by atoms with E-state index in [1.807, 2.05) is 48.5 Å². The second-order valence-electron chi connectivity index (χ2n) is 8.84. The first-order valence-corrected chi connectivity index (χ1v) is 10.9. The van der Waals surface area contributed by atoms with Gasteiger partial charge in [-0.15, -0.1) is 0 Å². The van der Waals surface area contributed by atoms with Crippen molar-refractivity contribution in [2.24, 2.45) is 0 Å². The lowest BCUT2D eigenvalue weighted by molar-refractivity contribution is -0.137. The number of aliphatic hydroxyl groups is 1. The van der Waals surface area contributed by atoms with Gasteiger partial charge in [-0.2, -0.15) is 0 Å². The minimum absolute atomic E-state index is 0.0766. The number of fused-ring (bicyclic) bond motifs is 3. The molecule has 8 nitrogen and oxygen atoms in total. The minimum Gasteiger partial charge on any atom is -0.481 e. The second kappa shape index (κ2) is 10.0. The van der Waals surface area contributed by atoms with Crippen LogP contribution in [-0.2, 0) is 14.3 Å². The van der Waals surface area contributed by atoms with Crippen LogP contribution in [0, 0.1) is 0 Å². The van der Waals surface area contributed by atoms with Crippen LogP contribution in [0.15, 0.2) is 48.5 Å². The van der Waals surface area contributed by atoms with Gasteiger partial charge in [-0.25, -0.2) is 4.79 Å². The highest BCUT2D eigenvalue weighted by molar-refractivity contribution is 5.86. The highest BCUT2D eigenvalue weighted by atomic mass is 16.5. The molecule has 2 amide bonds. The average molecular weight is 455 g/mol. The molecule has 0 fully saturated rings. The lowest BCUT2D eigenvalue weighted by Gasteiger charge is -2.28. The van der Waals surface area contributed by atoms with Crippen molar-refractivity contribution >= 4 is 18.0 Å². The number of carbonyl (C=O) groups excluding carboxylic acids is 2. The van der Waals surface area contributed by atoms with Crippen LogP contribution in [0.4, 0.5) is 4.79 Å². The van der Waals surface area contributed by atoms with Crippen LogP contribution in [0.3, 0.4) is 0 Å². The predicted molar refractivity (Wildman–Crippen MR) is 123 cm³/mol. The molecule has 0 aromatic heterocycles. The van der Waals surface area contributed by atoms with E-state index in [0.29, 0.717) is 0 Å². The maximum absolute atomic E-state index is 12.7. The Balaban J connectivity index is 1.67. The number of hydrogen-bond donors (Lipinski definition) is 4. The molecule has 2 aromatic rings. The zero-order chi connectivity index (χ0) is 24.2. The Morgan fingerprint density at radius 2 is 1.55 bits per heavy atom. The molecule has 1 aliphatic rings. The zero-order valence-electron chi connectivity index (χ0n) is 19.0. The largest absolute Gasteiger partial charge is 0.481 e. The van der Waals surface area contributed by atoms with Crippen LogP contribution < -0.4 is 10.6 Å². The molecular weight excluding hydrogens is 424 g/mol. The summed E-state index contributed by atoms with van der Waals surface area (Å²) < 4.78 is 5.47. The lowest BCUT2D eigenvalue weighted by atomic mass is 9.98. The van der Waals surface area contributed by atoms with Crippen molar-refractivity contribution in [2.75, 3.05) is 6.61 Å². The van der Waals surface area contributed by atoms with Crippen molar-refractivity contribution in [3.63, 3.8) is 0 Å². The molecule has 0 radical (unpaired) electrons. The number of amides is 2. The summed E-state index contributed by atoms with van der Waals surface area (Å²) in [6.45, 7) is 4.79. The Labute approximate surface area is 193 Å². The third kappa shape index (κ3) is 5.90. The van der Waals surface area contributed by atoms with Gasteiger partial charge in [0.15, 0.2) is 0 Å². The van der Waals surface area contributed by atoms with Crippen molar-refractivity contribution in [1.29, 1.82) is 0 Å². The van der Waals surface area contributed by atoms with Gasteiger partial charge in [0.2, 0.25) is 5.91 Å². The van der Waals surface area contributed by atoms with E-state index in [9.17, 15) is 19.5 Å². The smallest absolute Gasteiger partial charge is 0.407 e. The van der Waals surface area contributed by atoms with Crippen molar-refractivity contribution in [2.45, 2.75) is 57.2 Å². The van der Waals surface area contributed by atoms with Gasteiger partial charge in [-0.05, 0) is 49.4 Å². The Hall–Kier alpha value is -3.39. The van der Waals surface area contributed by atoms with Crippen LogP contribution >= 0.6 is 0 Å². The van der Waals surface area contributed by atoms with Crippen LogP contribution in [0.25, 0.3) is 11.1 Å². The summed E-state index contributed by atoms with van der Waals surface area (Å²) in [5.74, 6) is -1.80. The standard InChI is InChI=1S/C25H30N2O6/c1-15(25(2,3)32)26-23(30)21(12-13-22(28)29)27-24(31)33-14-20-18-10-6-4-8-16(18)17-9-5-7-11-19(17)20/h4-11,15,20-21,32H,12-14H2,1-3H3,(H,26,30)(H,27,31)(H,28,29). The summed E-state index contributed by atoms with van der Waals surface area (Å²) in [5.41, 5.74) is 3.13. The summed E-state index contributed by atoms with van der Waals surface area (Å²) in [5, 5.41) is 24.2.